The van der Waals surface area contributed by atoms with Crippen molar-refractivity contribution in [2.45, 2.75) is 39.2 Å². The number of carbonyl (C=O) groups is 2. The van der Waals surface area contributed by atoms with Gasteiger partial charge in [-0.15, -0.1) is 0 Å². The third-order valence-electron chi connectivity index (χ3n) is 4.87. The van der Waals surface area contributed by atoms with Crippen LogP contribution in [0.2, 0.25) is 0 Å². The molecule has 1 aliphatic rings. The molecular formula is C20H28N4O2. The molecule has 1 aromatic carbocycles. The molecule has 0 radical (unpaired) electrons. The summed E-state index contributed by atoms with van der Waals surface area (Å²) in [7, 11) is 0. The van der Waals surface area contributed by atoms with Gasteiger partial charge in [0.15, 0.2) is 0 Å². The van der Waals surface area contributed by atoms with Crippen LogP contribution in [0.3, 0.4) is 0 Å². The second kappa shape index (κ2) is 9.93. The molecule has 0 spiro atoms. The zero-order chi connectivity index (χ0) is 18.9. The second-order valence-corrected chi connectivity index (χ2v) is 6.53. The number of amides is 2. The zero-order valence-electron chi connectivity index (χ0n) is 15.7. The summed E-state index contributed by atoms with van der Waals surface area (Å²) in [6.45, 7) is 7.08. The molecule has 140 valence electrons. The van der Waals surface area contributed by atoms with E-state index in [1.807, 2.05) is 49.1 Å². The van der Waals surface area contributed by atoms with E-state index in [0.29, 0.717) is 32.5 Å². The molecular weight excluding hydrogens is 328 g/mol. The largest absolute Gasteiger partial charge is 0.341 e. The van der Waals surface area contributed by atoms with E-state index in [4.69, 9.17) is 5.26 Å². The van der Waals surface area contributed by atoms with E-state index in [0.717, 1.165) is 25.2 Å². The molecule has 0 saturated carbocycles. The Kier molecular flexibility index (Phi) is 7.61. The van der Waals surface area contributed by atoms with Gasteiger partial charge in [0.1, 0.15) is 0 Å². The van der Waals surface area contributed by atoms with E-state index >= 15 is 0 Å². The van der Waals surface area contributed by atoms with Gasteiger partial charge in [-0.2, -0.15) is 5.26 Å². The summed E-state index contributed by atoms with van der Waals surface area (Å²) in [4.78, 5) is 30.8. The highest BCUT2D eigenvalue weighted by Gasteiger charge is 2.28. The van der Waals surface area contributed by atoms with Gasteiger partial charge in [0.2, 0.25) is 11.8 Å². The van der Waals surface area contributed by atoms with Gasteiger partial charge in [-0.3, -0.25) is 14.5 Å². The number of nitriles is 1. The van der Waals surface area contributed by atoms with E-state index in [1.165, 1.54) is 0 Å². The normalized spacial score (nSPS) is 16.4. The summed E-state index contributed by atoms with van der Waals surface area (Å²) in [5.74, 6) is 0.174. The van der Waals surface area contributed by atoms with Gasteiger partial charge >= 0.3 is 0 Å². The molecule has 1 fully saturated rings. The summed E-state index contributed by atoms with van der Waals surface area (Å²) in [6.07, 6.45) is 1.68. The van der Waals surface area contributed by atoms with Gasteiger partial charge in [0, 0.05) is 44.8 Å². The number of rotatable bonds is 6. The first-order valence-electron chi connectivity index (χ1n) is 9.33. The Labute approximate surface area is 156 Å². The lowest BCUT2D eigenvalue weighted by Gasteiger charge is -2.32. The Morgan fingerprint density at radius 3 is 2.58 bits per heavy atom. The molecule has 1 saturated heterocycles. The highest BCUT2D eigenvalue weighted by atomic mass is 16.2. The molecule has 0 aromatic heterocycles. The lowest BCUT2D eigenvalue weighted by atomic mass is 10.2. The van der Waals surface area contributed by atoms with Gasteiger partial charge in [0.05, 0.1) is 18.5 Å². The highest BCUT2D eigenvalue weighted by molar-refractivity contribution is 5.97. The van der Waals surface area contributed by atoms with Crippen LogP contribution in [0.25, 0.3) is 0 Å². The molecule has 0 N–H and O–H groups in total. The smallest absolute Gasteiger partial charge is 0.244 e. The van der Waals surface area contributed by atoms with Crippen molar-refractivity contribution >= 4 is 17.5 Å². The lowest BCUT2D eigenvalue weighted by Crippen LogP contribution is -2.49. The van der Waals surface area contributed by atoms with E-state index in [-0.39, 0.29) is 17.9 Å². The molecule has 6 nitrogen and oxygen atoms in total. The number of anilines is 1. The van der Waals surface area contributed by atoms with Gasteiger partial charge in [-0.05, 0) is 25.5 Å². The van der Waals surface area contributed by atoms with Gasteiger partial charge in [0.25, 0.3) is 0 Å². The third-order valence-corrected chi connectivity index (χ3v) is 4.87. The summed E-state index contributed by atoms with van der Waals surface area (Å²) in [6, 6.07) is 11.3. The van der Waals surface area contributed by atoms with Gasteiger partial charge < -0.3 is 9.80 Å². The van der Waals surface area contributed by atoms with E-state index in [2.05, 4.69) is 11.0 Å². The first-order chi connectivity index (χ1) is 12.6. The van der Waals surface area contributed by atoms with Crippen LogP contribution < -0.4 is 4.90 Å². The Morgan fingerprint density at radius 2 is 1.92 bits per heavy atom. The van der Waals surface area contributed by atoms with Crippen molar-refractivity contribution in [2.24, 2.45) is 0 Å². The van der Waals surface area contributed by atoms with E-state index in [9.17, 15) is 9.59 Å². The zero-order valence-corrected chi connectivity index (χ0v) is 15.7. The maximum Gasteiger partial charge on any atom is 0.244 e. The Hall–Kier alpha value is -2.39. The number of nitrogens with zero attached hydrogens (tertiary/aromatic N) is 4. The first-order valence-corrected chi connectivity index (χ1v) is 9.33. The molecule has 26 heavy (non-hydrogen) atoms. The molecule has 6 heteroatoms. The van der Waals surface area contributed by atoms with Crippen molar-refractivity contribution in [3.8, 4) is 6.07 Å². The molecule has 1 unspecified atom stereocenters. The van der Waals surface area contributed by atoms with Crippen LogP contribution in [-0.2, 0) is 9.59 Å². The fourth-order valence-electron chi connectivity index (χ4n) is 3.32. The van der Waals surface area contributed by atoms with E-state index in [1.54, 1.807) is 4.90 Å². The highest BCUT2D eigenvalue weighted by Crippen LogP contribution is 2.18. The molecule has 0 bridgehead atoms. The average Bonchev–Trinajstić information content (AvgIpc) is 2.94. The van der Waals surface area contributed by atoms with Crippen molar-refractivity contribution in [2.75, 3.05) is 37.6 Å². The molecule has 2 rings (SSSR count). The van der Waals surface area contributed by atoms with Crippen molar-refractivity contribution in [1.82, 2.24) is 9.80 Å². The molecule has 1 heterocycles. The first kappa shape index (κ1) is 19.9. The average molecular weight is 356 g/mol. The van der Waals surface area contributed by atoms with Crippen molar-refractivity contribution in [1.29, 1.82) is 5.26 Å². The second-order valence-electron chi connectivity index (χ2n) is 6.53. The number of hydrogen-bond acceptors (Lipinski definition) is 4. The monoisotopic (exact) mass is 356 g/mol. The molecule has 1 atom stereocenters. The number of benzene rings is 1. The van der Waals surface area contributed by atoms with Gasteiger partial charge in [-0.1, -0.05) is 25.1 Å². The van der Waals surface area contributed by atoms with Crippen LogP contribution in [0.15, 0.2) is 30.3 Å². The quantitative estimate of drug-likeness (QED) is 0.784. The predicted molar refractivity (Wildman–Crippen MR) is 102 cm³/mol. The fourth-order valence-corrected chi connectivity index (χ4v) is 3.32. The van der Waals surface area contributed by atoms with Crippen LogP contribution in [0.4, 0.5) is 5.69 Å². The third kappa shape index (κ3) is 5.06. The minimum absolute atomic E-state index is 0.00159. The minimum Gasteiger partial charge on any atom is -0.341 e. The van der Waals surface area contributed by atoms with Crippen molar-refractivity contribution < 1.29 is 9.59 Å². The van der Waals surface area contributed by atoms with Crippen LogP contribution >= 0.6 is 0 Å². The Morgan fingerprint density at radius 1 is 1.19 bits per heavy atom. The molecule has 2 amide bonds. The van der Waals surface area contributed by atoms with Crippen LogP contribution in [0.5, 0.6) is 0 Å². The fraction of sp³-hybridized carbons (Fsp3) is 0.550. The predicted octanol–water partition coefficient (Wildman–Crippen LogP) is 2.27. The lowest BCUT2D eigenvalue weighted by molar-refractivity contribution is -0.130. The van der Waals surface area contributed by atoms with Crippen LogP contribution in [0, 0.1) is 11.3 Å². The topological polar surface area (TPSA) is 67.7 Å². The summed E-state index contributed by atoms with van der Waals surface area (Å²) in [5.41, 5.74) is 0.817. The Bertz CT molecular complexity index is 641. The molecule has 0 aliphatic carbocycles. The summed E-state index contributed by atoms with van der Waals surface area (Å²) < 4.78 is 0. The summed E-state index contributed by atoms with van der Waals surface area (Å²) >= 11 is 0. The van der Waals surface area contributed by atoms with Crippen LogP contribution in [-0.4, -0.2) is 60.4 Å². The Balaban J connectivity index is 2.08. The molecule has 1 aromatic rings. The number of carbonyl (C=O) groups excluding carboxylic acids is 2. The SMILES string of the molecule is CCC(=O)N1CCCN(C(C)C(=O)N(CCC#N)c2ccccc2)CC1. The number of hydrogen-bond donors (Lipinski definition) is 0. The maximum atomic E-state index is 13.1. The van der Waals surface area contributed by atoms with Gasteiger partial charge in [-0.25, -0.2) is 0 Å². The molecule has 1 aliphatic heterocycles. The van der Waals surface area contributed by atoms with Crippen LogP contribution in [0.1, 0.15) is 33.1 Å². The van der Waals surface area contributed by atoms with Crippen molar-refractivity contribution in [3.63, 3.8) is 0 Å². The maximum absolute atomic E-state index is 13.1. The van der Waals surface area contributed by atoms with Crippen molar-refractivity contribution in [3.05, 3.63) is 30.3 Å². The summed E-state index contributed by atoms with van der Waals surface area (Å²) in [5, 5.41) is 8.94. The standard InChI is InChI=1S/C20H28N4O2/c1-3-19(25)23-13-8-12-22(15-16-23)17(2)20(26)24(14-7-11-21)18-9-5-4-6-10-18/h4-6,9-10,17H,3,7-8,12-16H2,1-2H3. The van der Waals surface area contributed by atoms with E-state index < -0.39 is 0 Å². The number of para-hydroxylation sites is 1. The minimum atomic E-state index is -0.287.